The number of rotatable bonds is 8. The Morgan fingerprint density at radius 1 is 1.59 bits per heavy atom. The van der Waals surface area contributed by atoms with Gasteiger partial charge in [-0.3, -0.25) is 4.98 Å². The molecule has 0 amide bonds. The molecule has 0 saturated carbocycles. The summed E-state index contributed by atoms with van der Waals surface area (Å²) >= 11 is 0. The number of methoxy groups -OCH3 is 1. The maximum atomic E-state index is 5.11. The minimum absolute atomic E-state index is 0.706. The van der Waals surface area contributed by atoms with Crippen LogP contribution in [0.4, 0.5) is 5.69 Å². The summed E-state index contributed by atoms with van der Waals surface area (Å²) in [7, 11) is 3.63. The van der Waals surface area contributed by atoms with E-state index in [2.05, 4.69) is 27.8 Å². The van der Waals surface area contributed by atoms with Crippen molar-refractivity contribution in [1.82, 2.24) is 10.3 Å². The zero-order valence-electron chi connectivity index (χ0n) is 10.6. The highest BCUT2D eigenvalue weighted by Gasteiger charge is 2.05. The smallest absolute Gasteiger partial charge is 0.0637 e. The van der Waals surface area contributed by atoms with E-state index in [9.17, 15) is 0 Å². The fraction of sp³-hybridized carbons (Fsp3) is 0.462. The molecule has 1 heterocycles. The van der Waals surface area contributed by atoms with Gasteiger partial charge in [0.1, 0.15) is 0 Å². The molecular formula is C13H21N3O. The molecule has 0 fully saturated rings. The van der Waals surface area contributed by atoms with Gasteiger partial charge < -0.3 is 15.0 Å². The molecule has 1 aromatic heterocycles. The Hall–Kier alpha value is -1.39. The molecule has 4 nitrogen and oxygen atoms in total. The van der Waals surface area contributed by atoms with Gasteiger partial charge in [0.05, 0.1) is 12.3 Å². The van der Waals surface area contributed by atoms with E-state index in [-0.39, 0.29) is 0 Å². The van der Waals surface area contributed by atoms with Gasteiger partial charge in [0.15, 0.2) is 0 Å². The van der Waals surface area contributed by atoms with Gasteiger partial charge in [0.25, 0.3) is 0 Å². The van der Waals surface area contributed by atoms with Gasteiger partial charge >= 0.3 is 0 Å². The quantitative estimate of drug-likeness (QED) is 0.692. The molecule has 0 aliphatic rings. The Kier molecular flexibility index (Phi) is 6.29. The van der Waals surface area contributed by atoms with Crippen molar-refractivity contribution in [2.45, 2.75) is 6.54 Å². The van der Waals surface area contributed by atoms with E-state index in [4.69, 9.17) is 4.74 Å². The summed E-state index contributed by atoms with van der Waals surface area (Å²) in [5.74, 6) is 0. The lowest BCUT2D eigenvalue weighted by Gasteiger charge is -2.23. The van der Waals surface area contributed by atoms with Crippen molar-refractivity contribution < 1.29 is 4.74 Å². The molecule has 0 aliphatic heterocycles. The standard InChI is InChI=1S/C13H21N3O/c1-4-7-16(8-9-17-3)13-5-6-15-12(10-13)11-14-2/h4-6,10,14H,1,7-9,11H2,2-3H3. The van der Waals surface area contributed by atoms with Gasteiger partial charge in [-0.05, 0) is 19.2 Å². The molecule has 1 rings (SSSR count). The van der Waals surface area contributed by atoms with Crippen molar-refractivity contribution in [2.24, 2.45) is 0 Å². The third-order valence-corrected chi connectivity index (χ3v) is 2.44. The predicted octanol–water partition coefficient (Wildman–Crippen LogP) is 1.44. The van der Waals surface area contributed by atoms with Gasteiger partial charge in [-0.15, -0.1) is 6.58 Å². The summed E-state index contributed by atoms with van der Waals surface area (Å²) in [6.45, 7) is 6.93. The van der Waals surface area contributed by atoms with Crippen LogP contribution in [-0.2, 0) is 11.3 Å². The van der Waals surface area contributed by atoms with Crippen LogP contribution in [0, 0.1) is 0 Å². The minimum atomic E-state index is 0.706. The van der Waals surface area contributed by atoms with Crippen molar-refractivity contribution in [3.8, 4) is 0 Å². The lowest BCUT2D eigenvalue weighted by Crippen LogP contribution is -2.27. The summed E-state index contributed by atoms with van der Waals surface area (Å²) in [6.07, 6.45) is 3.73. The molecule has 4 heteroatoms. The van der Waals surface area contributed by atoms with E-state index in [0.717, 1.165) is 31.0 Å². The Balaban J connectivity index is 2.76. The molecule has 0 aliphatic carbocycles. The lowest BCUT2D eigenvalue weighted by molar-refractivity contribution is 0.206. The number of nitrogens with one attached hydrogen (secondary N) is 1. The fourth-order valence-electron chi connectivity index (χ4n) is 1.62. The van der Waals surface area contributed by atoms with Crippen molar-refractivity contribution in [3.05, 3.63) is 36.7 Å². The fourth-order valence-corrected chi connectivity index (χ4v) is 1.62. The summed E-state index contributed by atoms with van der Waals surface area (Å²) in [4.78, 5) is 6.53. The molecule has 0 radical (unpaired) electrons. The molecule has 94 valence electrons. The first-order valence-corrected chi connectivity index (χ1v) is 5.76. The van der Waals surface area contributed by atoms with Crippen LogP contribution in [0.3, 0.4) is 0 Å². The number of hydrogen-bond acceptors (Lipinski definition) is 4. The molecule has 0 unspecified atom stereocenters. The highest BCUT2D eigenvalue weighted by molar-refractivity contribution is 5.47. The van der Waals surface area contributed by atoms with Gasteiger partial charge in [-0.2, -0.15) is 0 Å². The number of pyridine rings is 1. The largest absolute Gasteiger partial charge is 0.383 e. The van der Waals surface area contributed by atoms with Crippen molar-refractivity contribution in [3.63, 3.8) is 0 Å². The Labute approximate surface area is 103 Å². The first-order chi connectivity index (χ1) is 8.31. The topological polar surface area (TPSA) is 37.4 Å². The average Bonchev–Trinajstić information content (AvgIpc) is 2.35. The van der Waals surface area contributed by atoms with E-state index < -0.39 is 0 Å². The molecule has 1 aromatic rings. The molecule has 1 N–H and O–H groups in total. The third kappa shape index (κ3) is 4.54. The van der Waals surface area contributed by atoms with Crippen LogP contribution in [0.25, 0.3) is 0 Å². The zero-order valence-corrected chi connectivity index (χ0v) is 10.6. The van der Waals surface area contributed by atoms with Crippen molar-refractivity contribution in [2.75, 3.05) is 38.8 Å². The third-order valence-electron chi connectivity index (χ3n) is 2.44. The minimum Gasteiger partial charge on any atom is -0.383 e. The molecule has 0 spiro atoms. The number of ether oxygens (including phenoxy) is 1. The van der Waals surface area contributed by atoms with Crippen LogP contribution in [0.2, 0.25) is 0 Å². The molecule has 0 bridgehead atoms. The van der Waals surface area contributed by atoms with E-state index in [1.807, 2.05) is 25.4 Å². The maximum Gasteiger partial charge on any atom is 0.0637 e. The second-order valence-corrected chi connectivity index (χ2v) is 3.76. The molecule has 17 heavy (non-hydrogen) atoms. The maximum absolute atomic E-state index is 5.11. The zero-order chi connectivity index (χ0) is 12.5. The van der Waals surface area contributed by atoms with Crippen molar-refractivity contribution >= 4 is 5.69 Å². The highest BCUT2D eigenvalue weighted by atomic mass is 16.5. The lowest BCUT2D eigenvalue weighted by atomic mass is 10.2. The Morgan fingerprint density at radius 2 is 2.41 bits per heavy atom. The van der Waals surface area contributed by atoms with Crippen molar-refractivity contribution in [1.29, 1.82) is 0 Å². The van der Waals surface area contributed by atoms with E-state index >= 15 is 0 Å². The van der Waals surface area contributed by atoms with Crippen LogP contribution in [0.15, 0.2) is 31.0 Å². The number of aromatic nitrogens is 1. The second-order valence-electron chi connectivity index (χ2n) is 3.76. The van der Waals surface area contributed by atoms with Gasteiger partial charge in [0.2, 0.25) is 0 Å². The monoisotopic (exact) mass is 235 g/mol. The summed E-state index contributed by atoms with van der Waals surface area (Å²) in [5.41, 5.74) is 2.19. The van der Waals surface area contributed by atoms with Crippen LogP contribution < -0.4 is 10.2 Å². The Bertz CT molecular complexity index is 341. The van der Waals surface area contributed by atoms with Crippen LogP contribution >= 0.6 is 0 Å². The van der Waals surface area contributed by atoms with Gasteiger partial charge in [-0.25, -0.2) is 0 Å². The molecule has 0 atom stereocenters. The summed E-state index contributed by atoms with van der Waals surface area (Å²) < 4.78 is 5.11. The molecular weight excluding hydrogens is 214 g/mol. The van der Waals surface area contributed by atoms with Gasteiger partial charge in [-0.1, -0.05) is 6.08 Å². The van der Waals surface area contributed by atoms with E-state index in [0.29, 0.717) is 6.61 Å². The second kappa shape index (κ2) is 7.81. The number of anilines is 1. The average molecular weight is 235 g/mol. The first kappa shape index (κ1) is 13.7. The van der Waals surface area contributed by atoms with Crippen LogP contribution in [0.1, 0.15) is 5.69 Å². The number of hydrogen-bond donors (Lipinski definition) is 1. The normalized spacial score (nSPS) is 10.2. The van der Waals surface area contributed by atoms with Gasteiger partial charge in [0, 0.05) is 38.6 Å². The van der Waals surface area contributed by atoms with E-state index in [1.54, 1.807) is 7.11 Å². The van der Waals surface area contributed by atoms with Crippen LogP contribution in [0.5, 0.6) is 0 Å². The predicted molar refractivity (Wildman–Crippen MR) is 71.3 cm³/mol. The van der Waals surface area contributed by atoms with Crippen LogP contribution in [-0.4, -0.2) is 38.8 Å². The number of nitrogens with zero attached hydrogens (tertiary/aromatic N) is 2. The molecule has 0 saturated heterocycles. The van der Waals surface area contributed by atoms with E-state index in [1.165, 1.54) is 0 Å². The summed E-state index contributed by atoms with van der Waals surface area (Å²) in [5, 5.41) is 3.10. The Morgan fingerprint density at radius 3 is 3.06 bits per heavy atom. The molecule has 0 aromatic carbocycles. The highest BCUT2D eigenvalue weighted by Crippen LogP contribution is 2.14. The first-order valence-electron chi connectivity index (χ1n) is 5.76. The SMILES string of the molecule is C=CCN(CCOC)c1ccnc(CNC)c1. The summed E-state index contributed by atoms with van der Waals surface area (Å²) in [6, 6.07) is 4.11.